The maximum Gasteiger partial charge on any atom is 0.137 e. The van der Waals surface area contributed by atoms with Crippen molar-refractivity contribution in [1.29, 1.82) is 0 Å². The molecule has 0 radical (unpaired) electrons. The lowest BCUT2D eigenvalue weighted by Crippen LogP contribution is -2.11. The lowest BCUT2D eigenvalue weighted by atomic mass is 10.0. The molecule has 0 amide bonds. The fourth-order valence-corrected chi connectivity index (χ4v) is 6.70. The Morgan fingerprint density at radius 3 is 2.02 bits per heavy atom. The Labute approximate surface area is 248 Å². The first kappa shape index (κ1) is 23.9. The fraction of sp³-hybridized carbons (Fsp3) is 0. The third kappa shape index (κ3) is 3.62. The van der Waals surface area contributed by atoms with E-state index in [0.29, 0.717) is 0 Å². The van der Waals surface area contributed by atoms with Crippen LogP contribution < -0.4 is 4.90 Å². The average Bonchev–Trinajstić information content (AvgIpc) is 3.62. The van der Waals surface area contributed by atoms with Crippen LogP contribution in [0, 0.1) is 0 Å². The second kappa shape index (κ2) is 9.37. The maximum absolute atomic E-state index is 6.36. The molecule has 3 heteroatoms. The molecule has 0 unspecified atom stereocenters. The van der Waals surface area contributed by atoms with Crippen LogP contribution in [0.15, 0.2) is 162 Å². The molecule has 0 atom stereocenters. The summed E-state index contributed by atoms with van der Waals surface area (Å²) in [5.41, 5.74) is 8.48. The van der Waals surface area contributed by atoms with Crippen molar-refractivity contribution in [2.75, 3.05) is 4.90 Å². The highest BCUT2D eigenvalue weighted by Gasteiger charge is 2.23. The molecule has 2 heterocycles. The van der Waals surface area contributed by atoms with Gasteiger partial charge in [-0.15, -0.1) is 0 Å². The zero-order chi connectivity index (χ0) is 28.3. The van der Waals surface area contributed by atoms with Crippen molar-refractivity contribution in [3.8, 4) is 5.69 Å². The Morgan fingerprint density at radius 2 is 1.16 bits per heavy atom. The van der Waals surface area contributed by atoms with E-state index in [1.165, 1.54) is 27.1 Å². The van der Waals surface area contributed by atoms with E-state index in [1.54, 1.807) is 0 Å². The maximum atomic E-state index is 6.36. The highest BCUT2D eigenvalue weighted by Crippen LogP contribution is 2.45. The Balaban J connectivity index is 1.41. The number of hydrogen-bond acceptors (Lipinski definition) is 2. The van der Waals surface area contributed by atoms with E-state index < -0.39 is 0 Å². The number of hydrogen-bond donors (Lipinski definition) is 0. The summed E-state index contributed by atoms with van der Waals surface area (Å²) in [4.78, 5) is 2.36. The molecule has 43 heavy (non-hydrogen) atoms. The van der Waals surface area contributed by atoms with E-state index in [4.69, 9.17) is 4.42 Å². The molecule has 3 nitrogen and oxygen atoms in total. The minimum absolute atomic E-state index is 0.876. The lowest BCUT2D eigenvalue weighted by molar-refractivity contribution is 0.669. The van der Waals surface area contributed by atoms with Crippen LogP contribution >= 0.6 is 0 Å². The van der Waals surface area contributed by atoms with Crippen molar-refractivity contribution in [1.82, 2.24) is 4.57 Å². The molecule has 0 aliphatic heterocycles. The average molecular weight is 551 g/mol. The molecule has 0 spiro atoms. The van der Waals surface area contributed by atoms with Crippen LogP contribution in [0.25, 0.3) is 60.2 Å². The van der Waals surface area contributed by atoms with Gasteiger partial charge in [-0.25, -0.2) is 0 Å². The normalized spacial score (nSPS) is 11.7. The molecule has 0 N–H and O–H groups in total. The van der Waals surface area contributed by atoms with Crippen molar-refractivity contribution in [3.05, 3.63) is 158 Å². The summed E-state index contributed by atoms with van der Waals surface area (Å²) in [7, 11) is 0. The molecule has 0 fully saturated rings. The van der Waals surface area contributed by atoms with Crippen LogP contribution in [0.3, 0.4) is 0 Å². The fourth-order valence-electron chi connectivity index (χ4n) is 6.70. The minimum Gasteiger partial charge on any atom is -0.456 e. The van der Waals surface area contributed by atoms with E-state index in [2.05, 4.69) is 155 Å². The first-order valence-electron chi connectivity index (χ1n) is 14.6. The summed E-state index contributed by atoms with van der Waals surface area (Å²) in [6, 6.07) is 56.0. The van der Waals surface area contributed by atoms with E-state index in [9.17, 15) is 0 Å². The Morgan fingerprint density at radius 1 is 0.465 bits per heavy atom. The van der Waals surface area contributed by atoms with Crippen molar-refractivity contribution < 1.29 is 4.42 Å². The first-order chi connectivity index (χ1) is 21.3. The van der Waals surface area contributed by atoms with Gasteiger partial charge in [0.15, 0.2) is 0 Å². The third-order valence-corrected chi connectivity index (χ3v) is 8.55. The zero-order valence-electron chi connectivity index (χ0n) is 23.3. The van der Waals surface area contributed by atoms with Crippen molar-refractivity contribution in [2.24, 2.45) is 0 Å². The van der Waals surface area contributed by atoms with Gasteiger partial charge >= 0.3 is 0 Å². The Bertz CT molecular complexity index is 2450. The summed E-state index contributed by atoms with van der Waals surface area (Å²) in [6.07, 6.45) is 0. The number of rotatable bonds is 4. The SMILES string of the molecule is c1ccc(N(c2ccc3c(c2)oc2ccccc23)c2cccc3c4c5ccccc5ccc4n(-c4ccccc4)c23)cc1. The van der Waals surface area contributed by atoms with Crippen molar-refractivity contribution >= 4 is 71.6 Å². The highest BCUT2D eigenvalue weighted by atomic mass is 16.3. The van der Waals surface area contributed by atoms with Crippen LogP contribution in [0.1, 0.15) is 0 Å². The molecule has 202 valence electrons. The van der Waals surface area contributed by atoms with Gasteiger partial charge in [-0.2, -0.15) is 0 Å². The van der Waals surface area contributed by atoms with Gasteiger partial charge in [-0.05, 0) is 65.4 Å². The van der Waals surface area contributed by atoms with Gasteiger partial charge in [0.2, 0.25) is 0 Å². The smallest absolute Gasteiger partial charge is 0.137 e. The number of furan rings is 1. The number of benzene rings is 7. The van der Waals surface area contributed by atoms with E-state index in [1.807, 2.05) is 12.1 Å². The second-order valence-corrected chi connectivity index (χ2v) is 11.0. The second-order valence-electron chi connectivity index (χ2n) is 11.0. The van der Waals surface area contributed by atoms with Gasteiger partial charge < -0.3 is 13.9 Å². The van der Waals surface area contributed by atoms with Gasteiger partial charge in [0.05, 0.1) is 16.7 Å². The number of aromatic nitrogens is 1. The molecule has 0 aliphatic rings. The first-order valence-corrected chi connectivity index (χ1v) is 14.6. The zero-order valence-corrected chi connectivity index (χ0v) is 23.3. The molecule has 0 saturated carbocycles. The van der Waals surface area contributed by atoms with E-state index >= 15 is 0 Å². The van der Waals surface area contributed by atoms with Crippen LogP contribution in [-0.4, -0.2) is 4.57 Å². The van der Waals surface area contributed by atoms with Gasteiger partial charge in [-0.1, -0.05) is 97.1 Å². The summed E-state index contributed by atoms with van der Waals surface area (Å²) in [5.74, 6) is 0. The minimum atomic E-state index is 0.876. The predicted molar refractivity (Wildman–Crippen MR) is 180 cm³/mol. The molecule has 7 aromatic carbocycles. The topological polar surface area (TPSA) is 21.3 Å². The van der Waals surface area contributed by atoms with Crippen LogP contribution in [0.2, 0.25) is 0 Å². The number of nitrogens with zero attached hydrogens (tertiary/aromatic N) is 2. The Hall–Kier alpha value is -5.80. The van der Waals surface area contributed by atoms with Crippen LogP contribution in [-0.2, 0) is 0 Å². The lowest BCUT2D eigenvalue weighted by Gasteiger charge is -2.27. The molecular weight excluding hydrogens is 524 g/mol. The molecule has 0 saturated heterocycles. The monoisotopic (exact) mass is 550 g/mol. The number of para-hydroxylation sites is 4. The summed E-state index contributed by atoms with van der Waals surface area (Å²) in [6.45, 7) is 0. The van der Waals surface area contributed by atoms with Crippen LogP contribution in [0.4, 0.5) is 17.1 Å². The predicted octanol–water partition coefficient (Wildman–Crippen LogP) is 11.3. The standard InChI is InChI=1S/C40H26N2O/c1-3-13-28(14-4-1)41(30-23-24-33-32-18-9-10-21-37(32)43-38(33)26-30)36-20-11-19-34-39-31-17-8-7-12-27(31)22-25-35(39)42(40(34)36)29-15-5-2-6-16-29/h1-26H. The van der Waals surface area contributed by atoms with E-state index in [0.717, 1.165) is 50.2 Å². The molecule has 0 aliphatic carbocycles. The number of anilines is 3. The quantitative estimate of drug-likeness (QED) is 0.217. The van der Waals surface area contributed by atoms with Gasteiger partial charge in [-0.3, -0.25) is 0 Å². The molecule has 2 aromatic heterocycles. The van der Waals surface area contributed by atoms with Crippen LogP contribution in [0.5, 0.6) is 0 Å². The number of fused-ring (bicyclic) bond motifs is 8. The molecule has 9 aromatic rings. The summed E-state index contributed by atoms with van der Waals surface area (Å²) in [5, 5.41) is 7.23. The highest BCUT2D eigenvalue weighted by molar-refractivity contribution is 6.23. The third-order valence-electron chi connectivity index (χ3n) is 8.55. The van der Waals surface area contributed by atoms with Gasteiger partial charge in [0.25, 0.3) is 0 Å². The van der Waals surface area contributed by atoms with Gasteiger partial charge in [0.1, 0.15) is 11.2 Å². The van der Waals surface area contributed by atoms with E-state index in [-0.39, 0.29) is 0 Å². The molecule has 0 bridgehead atoms. The summed E-state index contributed by atoms with van der Waals surface area (Å²) >= 11 is 0. The largest absolute Gasteiger partial charge is 0.456 e. The van der Waals surface area contributed by atoms with Crippen molar-refractivity contribution in [3.63, 3.8) is 0 Å². The summed E-state index contributed by atoms with van der Waals surface area (Å²) < 4.78 is 8.78. The molecular formula is C40H26N2O. The Kier molecular flexibility index (Phi) is 5.20. The van der Waals surface area contributed by atoms with Gasteiger partial charge in [0, 0.05) is 44.7 Å². The van der Waals surface area contributed by atoms with Crippen molar-refractivity contribution in [2.45, 2.75) is 0 Å². The molecule has 9 rings (SSSR count).